The van der Waals surface area contributed by atoms with Crippen LogP contribution in [0.15, 0.2) is 11.5 Å². The lowest BCUT2D eigenvalue weighted by Gasteiger charge is -2.13. The lowest BCUT2D eigenvalue weighted by molar-refractivity contribution is -0.147. The van der Waals surface area contributed by atoms with Gasteiger partial charge in [-0.05, 0) is 0 Å². The van der Waals surface area contributed by atoms with E-state index in [1.54, 1.807) is 0 Å². The smallest absolute Gasteiger partial charge is 0.377 e. The summed E-state index contributed by atoms with van der Waals surface area (Å²) < 4.78 is 4.32. The number of cyclic esters (lactones) is 1. The van der Waals surface area contributed by atoms with Crippen LogP contribution in [0, 0.1) is 0 Å². The summed E-state index contributed by atoms with van der Waals surface area (Å²) in [7, 11) is 0. The van der Waals surface area contributed by atoms with Crippen LogP contribution in [0.4, 0.5) is 0 Å². The second-order valence-corrected chi connectivity index (χ2v) is 2.76. The number of esters is 1. The summed E-state index contributed by atoms with van der Waals surface area (Å²) in [5.74, 6) is -2.78. The molecular weight excluding hydrogens is 224 g/mol. The van der Waals surface area contributed by atoms with Gasteiger partial charge in [0.2, 0.25) is 5.76 Å². The molecule has 0 bridgehead atoms. The van der Waals surface area contributed by atoms with Crippen LogP contribution < -0.4 is 0 Å². The Morgan fingerprint density at radius 3 is 1.94 bits per heavy atom. The number of carbonyl (C=O) groups is 1. The highest BCUT2D eigenvalue weighted by atomic mass is 16.6. The van der Waals surface area contributed by atoms with E-state index in [0.29, 0.717) is 0 Å². The molecular formula is C8H14O8. The SMILES string of the molecule is O=C1O[C@H]([C@@H](O)CO)C(O)=C1O.OCCO. The number of rotatable bonds is 3. The lowest BCUT2D eigenvalue weighted by atomic mass is 10.2. The van der Waals surface area contributed by atoms with Crippen molar-refractivity contribution in [2.45, 2.75) is 12.2 Å². The first-order valence-corrected chi connectivity index (χ1v) is 4.33. The van der Waals surface area contributed by atoms with Crippen molar-refractivity contribution in [3.8, 4) is 0 Å². The van der Waals surface area contributed by atoms with Gasteiger partial charge in [-0.1, -0.05) is 0 Å². The van der Waals surface area contributed by atoms with E-state index in [0.717, 1.165) is 0 Å². The maximum Gasteiger partial charge on any atom is 0.377 e. The van der Waals surface area contributed by atoms with Crippen LogP contribution in [0.5, 0.6) is 0 Å². The first-order chi connectivity index (χ1) is 7.49. The second kappa shape index (κ2) is 7.01. The zero-order chi connectivity index (χ0) is 12.7. The van der Waals surface area contributed by atoms with Crippen LogP contribution in [0.2, 0.25) is 0 Å². The van der Waals surface area contributed by atoms with Crippen LogP contribution in [-0.2, 0) is 9.53 Å². The van der Waals surface area contributed by atoms with Gasteiger partial charge >= 0.3 is 5.97 Å². The Labute approximate surface area is 90.6 Å². The van der Waals surface area contributed by atoms with Crippen LogP contribution >= 0.6 is 0 Å². The van der Waals surface area contributed by atoms with E-state index in [1.165, 1.54) is 0 Å². The summed E-state index contributed by atoms with van der Waals surface area (Å²) in [5, 5.41) is 50.3. The molecule has 1 heterocycles. The van der Waals surface area contributed by atoms with E-state index < -0.39 is 36.3 Å². The first kappa shape index (κ1) is 14.6. The van der Waals surface area contributed by atoms with Gasteiger partial charge in [0.1, 0.15) is 6.10 Å². The molecule has 0 amide bonds. The Hall–Kier alpha value is -1.35. The molecule has 0 aromatic rings. The highest BCUT2D eigenvalue weighted by molar-refractivity contribution is 5.89. The van der Waals surface area contributed by atoms with Gasteiger partial charge in [0, 0.05) is 0 Å². The summed E-state index contributed by atoms with van der Waals surface area (Å²) in [6.45, 7) is -0.921. The number of aliphatic hydroxyl groups excluding tert-OH is 6. The molecule has 0 unspecified atom stereocenters. The lowest BCUT2D eigenvalue weighted by Crippen LogP contribution is -2.31. The van der Waals surface area contributed by atoms with Crippen molar-refractivity contribution in [3.05, 3.63) is 11.5 Å². The van der Waals surface area contributed by atoms with Gasteiger partial charge in [0.25, 0.3) is 0 Å². The number of carbonyl (C=O) groups excluding carboxylic acids is 1. The van der Waals surface area contributed by atoms with E-state index in [-0.39, 0.29) is 13.2 Å². The predicted molar refractivity (Wildman–Crippen MR) is 49.4 cm³/mol. The Bertz CT molecular complexity index is 259. The zero-order valence-corrected chi connectivity index (χ0v) is 8.28. The van der Waals surface area contributed by atoms with E-state index in [9.17, 15) is 4.79 Å². The molecule has 16 heavy (non-hydrogen) atoms. The normalized spacial score (nSPS) is 21.2. The third-order valence-corrected chi connectivity index (χ3v) is 1.58. The third-order valence-electron chi connectivity index (χ3n) is 1.58. The molecule has 1 aliphatic rings. The average molecular weight is 238 g/mol. The van der Waals surface area contributed by atoms with E-state index in [4.69, 9.17) is 30.6 Å². The van der Waals surface area contributed by atoms with Crippen LogP contribution in [0.1, 0.15) is 0 Å². The van der Waals surface area contributed by atoms with Crippen LogP contribution in [0.3, 0.4) is 0 Å². The minimum atomic E-state index is -1.42. The minimum Gasteiger partial charge on any atom is -0.505 e. The monoisotopic (exact) mass is 238 g/mol. The van der Waals surface area contributed by atoms with Gasteiger partial charge in [-0.3, -0.25) is 0 Å². The summed E-state index contributed by atoms with van der Waals surface area (Å²) in [6, 6.07) is 0. The molecule has 1 aliphatic heterocycles. The molecule has 0 aliphatic carbocycles. The van der Waals surface area contributed by atoms with Crippen molar-refractivity contribution in [2.75, 3.05) is 19.8 Å². The minimum absolute atomic E-state index is 0.125. The molecule has 0 saturated heterocycles. The van der Waals surface area contributed by atoms with Gasteiger partial charge in [-0.25, -0.2) is 4.79 Å². The van der Waals surface area contributed by atoms with Crippen LogP contribution in [0.25, 0.3) is 0 Å². The molecule has 0 radical (unpaired) electrons. The van der Waals surface area contributed by atoms with Crippen LogP contribution in [-0.4, -0.2) is 68.6 Å². The topological polar surface area (TPSA) is 148 Å². The average Bonchev–Trinajstić information content (AvgIpc) is 2.56. The largest absolute Gasteiger partial charge is 0.505 e. The molecule has 6 N–H and O–H groups in total. The fraction of sp³-hybridized carbons (Fsp3) is 0.625. The maximum atomic E-state index is 10.5. The Balaban J connectivity index is 0.000000487. The highest BCUT2D eigenvalue weighted by Gasteiger charge is 2.38. The third kappa shape index (κ3) is 3.66. The predicted octanol–water partition coefficient (Wildman–Crippen LogP) is -2.44. The van der Waals surface area contributed by atoms with Crippen molar-refractivity contribution < 1.29 is 40.2 Å². The summed E-state index contributed by atoms with van der Waals surface area (Å²) in [5.41, 5.74) is 0. The molecule has 0 aromatic carbocycles. The number of ether oxygens (including phenoxy) is 1. The second-order valence-electron chi connectivity index (χ2n) is 2.76. The van der Waals surface area contributed by atoms with Crippen molar-refractivity contribution in [2.24, 2.45) is 0 Å². The summed E-state index contributed by atoms with van der Waals surface area (Å²) in [6.07, 6.45) is -2.78. The van der Waals surface area contributed by atoms with E-state index >= 15 is 0 Å². The Morgan fingerprint density at radius 1 is 1.19 bits per heavy atom. The molecule has 0 fully saturated rings. The number of aliphatic hydroxyl groups is 6. The molecule has 8 nitrogen and oxygen atoms in total. The molecule has 1 rings (SSSR count). The molecule has 94 valence electrons. The molecule has 2 atom stereocenters. The van der Waals surface area contributed by atoms with Gasteiger partial charge in [0.05, 0.1) is 19.8 Å². The summed E-state index contributed by atoms with van der Waals surface area (Å²) >= 11 is 0. The highest BCUT2D eigenvalue weighted by Crippen LogP contribution is 2.20. The number of hydrogen-bond donors (Lipinski definition) is 6. The fourth-order valence-corrected chi connectivity index (χ4v) is 0.823. The van der Waals surface area contributed by atoms with Crippen molar-refractivity contribution in [1.82, 2.24) is 0 Å². The van der Waals surface area contributed by atoms with Gasteiger partial charge in [0.15, 0.2) is 11.9 Å². The fourth-order valence-electron chi connectivity index (χ4n) is 0.823. The quantitative estimate of drug-likeness (QED) is 0.297. The van der Waals surface area contributed by atoms with Gasteiger partial charge < -0.3 is 35.4 Å². The molecule has 0 saturated carbocycles. The molecule has 8 heteroatoms. The van der Waals surface area contributed by atoms with Crippen molar-refractivity contribution >= 4 is 5.97 Å². The molecule has 0 aromatic heterocycles. The maximum absolute atomic E-state index is 10.5. The Kier molecular flexibility index (Phi) is 6.42. The summed E-state index contributed by atoms with van der Waals surface area (Å²) in [4.78, 5) is 10.5. The first-order valence-electron chi connectivity index (χ1n) is 4.33. The van der Waals surface area contributed by atoms with Crippen molar-refractivity contribution in [1.29, 1.82) is 0 Å². The van der Waals surface area contributed by atoms with E-state index in [2.05, 4.69) is 4.74 Å². The number of hydrogen-bond acceptors (Lipinski definition) is 8. The van der Waals surface area contributed by atoms with E-state index in [1.807, 2.05) is 0 Å². The standard InChI is InChI=1S/C6H8O6.C2H6O2/c7-1-2(8)5-3(9)4(10)6(11)12-5;3-1-2-4/h2,5,7-10H,1H2;3-4H,1-2H2/t2-,5+;/m0./s1. The molecule has 0 spiro atoms. The zero-order valence-electron chi connectivity index (χ0n) is 8.28. The van der Waals surface area contributed by atoms with Crippen molar-refractivity contribution in [3.63, 3.8) is 0 Å². The Morgan fingerprint density at radius 2 is 1.69 bits per heavy atom. The van der Waals surface area contributed by atoms with Gasteiger partial charge in [-0.15, -0.1) is 0 Å². The van der Waals surface area contributed by atoms with Gasteiger partial charge in [-0.2, -0.15) is 0 Å².